The number of hydrogen-bond donors (Lipinski definition) is 1. The van der Waals surface area contributed by atoms with Crippen molar-refractivity contribution in [3.05, 3.63) is 23.9 Å². The highest BCUT2D eigenvalue weighted by molar-refractivity contribution is 5.77. The minimum atomic E-state index is -0.208. The Hall–Kier alpha value is -1.62. The zero-order chi connectivity index (χ0) is 14.8. The first-order valence-corrected chi connectivity index (χ1v) is 7.74. The largest absolute Gasteiger partial charge is 0.377 e. The van der Waals surface area contributed by atoms with E-state index in [1.54, 1.807) is 0 Å². The van der Waals surface area contributed by atoms with E-state index in [9.17, 15) is 4.79 Å². The number of nitrogens with zero attached hydrogens (tertiary/aromatic N) is 2. The highest BCUT2D eigenvalue weighted by Crippen LogP contribution is 2.33. The van der Waals surface area contributed by atoms with Gasteiger partial charge in [0.1, 0.15) is 5.82 Å². The van der Waals surface area contributed by atoms with Gasteiger partial charge in [-0.3, -0.25) is 4.79 Å². The van der Waals surface area contributed by atoms with E-state index >= 15 is 0 Å². The van der Waals surface area contributed by atoms with Crippen LogP contribution in [0.3, 0.4) is 0 Å². The predicted molar refractivity (Wildman–Crippen MR) is 81.0 cm³/mol. The van der Waals surface area contributed by atoms with E-state index in [1.165, 1.54) is 0 Å². The van der Waals surface area contributed by atoms with Gasteiger partial charge in [0.25, 0.3) is 0 Å². The van der Waals surface area contributed by atoms with Gasteiger partial charge >= 0.3 is 0 Å². The van der Waals surface area contributed by atoms with Crippen LogP contribution in [0, 0.1) is 18.8 Å². The van der Waals surface area contributed by atoms with Gasteiger partial charge in [0, 0.05) is 25.4 Å². The Labute approximate surface area is 125 Å². The van der Waals surface area contributed by atoms with Crippen LogP contribution in [-0.4, -0.2) is 36.7 Å². The molecule has 2 fully saturated rings. The first-order chi connectivity index (χ1) is 10.1. The summed E-state index contributed by atoms with van der Waals surface area (Å²) in [6.07, 6.45) is 2.86. The van der Waals surface area contributed by atoms with Gasteiger partial charge in [-0.25, -0.2) is 4.98 Å². The molecule has 21 heavy (non-hydrogen) atoms. The van der Waals surface area contributed by atoms with Crippen molar-refractivity contribution < 1.29 is 9.53 Å². The highest BCUT2D eigenvalue weighted by atomic mass is 16.5. The quantitative estimate of drug-likeness (QED) is 0.915. The van der Waals surface area contributed by atoms with E-state index < -0.39 is 0 Å². The molecule has 2 aliphatic heterocycles. The molecule has 2 saturated heterocycles. The molecule has 1 amide bonds. The summed E-state index contributed by atoms with van der Waals surface area (Å²) in [5.41, 5.74) is 6.53. The van der Waals surface area contributed by atoms with Gasteiger partial charge in [-0.2, -0.15) is 0 Å². The van der Waals surface area contributed by atoms with Crippen LogP contribution in [0.5, 0.6) is 0 Å². The minimum absolute atomic E-state index is 0.0233. The van der Waals surface area contributed by atoms with Crippen LogP contribution in [0.2, 0.25) is 0 Å². The first kappa shape index (κ1) is 14.3. The number of primary amides is 1. The van der Waals surface area contributed by atoms with Gasteiger partial charge in [0.05, 0.1) is 12.0 Å². The summed E-state index contributed by atoms with van der Waals surface area (Å²) >= 11 is 0. The topological polar surface area (TPSA) is 68.5 Å². The van der Waals surface area contributed by atoms with E-state index in [2.05, 4.69) is 16.0 Å². The summed E-state index contributed by atoms with van der Waals surface area (Å²) in [6, 6.07) is 6.12. The standard InChI is InChI=1S/C16H23N3O2/c1-11-3-2-4-14(18-11)19-8-5-12(6-9-19)15-13(16(17)20)7-10-21-15/h2-4,12-13,15H,5-10H2,1H3,(H2,17,20)/t13-,15+/m0/s1. The molecule has 0 bridgehead atoms. The molecule has 1 aromatic heterocycles. The van der Waals surface area contributed by atoms with Gasteiger partial charge in [-0.1, -0.05) is 6.07 Å². The Bertz CT molecular complexity index is 512. The molecule has 5 nitrogen and oxygen atoms in total. The number of hydrogen-bond acceptors (Lipinski definition) is 4. The summed E-state index contributed by atoms with van der Waals surface area (Å²) in [5, 5.41) is 0. The number of nitrogens with two attached hydrogens (primary N) is 1. The molecule has 3 heterocycles. The van der Waals surface area contributed by atoms with Crippen LogP contribution >= 0.6 is 0 Å². The summed E-state index contributed by atoms with van der Waals surface area (Å²) < 4.78 is 5.79. The number of anilines is 1. The molecule has 2 N–H and O–H groups in total. The van der Waals surface area contributed by atoms with Crippen molar-refractivity contribution >= 4 is 11.7 Å². The molecular weight excluding hydrogens is 266 g/mol. The van der Waals surface area contributed by atoms with Gasteiger partial charge in [0.2, 0.25) is 5.91 Å². The SMILES string of the molecule is Cc1cccc(N2CCC([C@H]3OCC[C@@H]3C(N)=O)CC2)n1. The van der Waals surface area contributed by atoms with Gasteiger partial charge in [-0.15, -0.1) is 0 Å². The van der Waals surface area contributed by atoms with Gasteiger partial charge < -0.3 is 15.4 Å². The monoisotopic (exact) mass is 289 g/mol. The maximum Gasteiger partial charge on any atom is 0.223 e. The van der Waals surface area contributed by atoms with Crippen LogP contribution in [0.1, 0.15) is 25.0 Å². The molecule has 0 aromatic carbocycles. The number of ether oxygens (including phenoxy) is 1. The molecule has 0 aliphatic carbocycles. The third-order valence-corrected chi connectivity index (χ3v) is 4.70. The molecule has 2 aliphatic rings. The molecular formula is C16H23N3O2. The molecule has 3 rings (SSSR count). The summed E-state index contributed by atoms with van der Waals surface area (Å²) in [7, 11) is 0. The van der Waals surface area contributed by atoms with E-state index in [4.69, 9.17) is 10.5 Å². The number of piperidine rings is 1. The second-order valence-electron chi connectivity index (χ2n) is 6.09. The Morgan fingerprint density at radius 3 is 2.76 bits per heavy atom. The smallest absolute Gasteiger partial charge is 0.223 e. The van der Waals surface area contributed by atoms with Crippen LogP contribution in [0.4, 0.5) is 5.82 Å². The Balaban J connectivity index is 1.61. The van der Waals surface area contributed by atoms with Crippen LogP contribution in [0.15, 0.2) is 18.2 Å². The average Bonchev–Trinajstić information content (AvgIpc) is 2.97. The summed E-state index contributed by atoms with van der Waals surface area (Å²) in [5.74, 6) is 1.18. The highest BCUT2D eigenvalue weighted by Gasteiger charge is 2.39. The molecule has 0 unspecified atom stereocenters. The number of carbonyl (C=O) groups is 1. The molecule has 0 radical (unpaired) electrons. The number of amides is 1. The number of pyridine rings is 1. The van der Waals surface area contributed by atoms with Crippen molar-refractivity contribution in [1.29, 1.82) is 0 Å². The first-order valence-electron chi connectivity index (χ1n) is 7.74. The van der Waals surface area contributed by atoms with E-state index in [0.29, 0.717) is 12.5 Å². The normalized spacial score (nSPS) is 27.0. The lowest BCUT2D eigenvalue weighted by Crippen LogP contribution is -2.42. The van der Waals surface area contributed by atoms with E-state index in [-0.39, 0.29) is 17.9 Å². The lowest BCUT2D eigenvalue weighted by Gasteiger charge is -2.36. The molecule has 114 valence electrons. The number of aryl methyl sites for hydroxylation is 1. The van der Waals surface area contributed by atoms with E-state index in [0.717, 1.165) is 43.9 Å². The third-order valence-electron chi connectivity index (χ3n) is 4.70. The Morgan fingerprint density at radius 1 is 1.33 bits per heavy atom. The molecule has 5 heteroatoms. The summed E-state index contributed by atoms with van der Waals surface area (Å²) in [4.78, 5) is 18.4. The van der Waals surface area contributed by atoms with Crippen molar-refractivity contribution in [2.24, 2.45) is 17.6 Å². The van der Waals surface area contributed by atoms with Crippen molar-refractivity contribution in [2.75, 3.05) is 24.6 Å². The minimum Gasteiger partial charge on any atom is -0.377 e. The third kappa shape index (κ3) is 3.02. The zero-order valence-electron chi connectivity index (χ0n) is 12.5. The fourth-order valence-corrected chi connectivity index (χ4v) is 3.54. The van der Waals surface area contributed by atoms with Crippen LogP contribution in [-0.2, 0) is 9.53 Å². The molecule has 0 spiro atoms. The number of rotatable bonds is 3. The zero-order valence-corrected chi connectivity index (χ0v) is 12.5. The maximum atomic E-state index is 11.5. The van der Waals surface area contributed by atoms with E-state index in [1.807, 2.05) is 19.1 Å². The lowest BCUT2D eigenvalue weighted by atomic mass is 9.84. The fourth-order valence-electron chi connectivity index (χ4n) is 3.54. The number of carbonyl (C=O) groups excluding carboxylic acids is 1. The second kappa shape index (κ2) is 6.02. The van der Waals surface area contributed by atoms with Gasteiger partial charge in [0.15, 0.2) is 0 Å². The second-order valence-corrected chi connectivity index (χ2v) is 6.09. The predicted octanol–water partition coefficient (Wildman–Crippen LogP) is 1.50. The Morgan fingerprint density at radius 2 is 2.10 bits per heavy atom. The van der Waals surface area contributed by atoms with Crippen molar-refractivity contribution in [1.82, 2.24) is 4.98 Å². The van der Waals surface area contributed by atoms with Crippen molar-refractivity contribution in [2.45, 2.75) is 32.3 Å². The van der Waals surface area contributed by atoms with Crippen LogP contribution < -0.4 is 10.6 Å². The fraction of sp³-hybridized carbons (Fsp3) is 0.625. The van der Waals surface area contributed by atoms with Gasteiger partial charge in [-0.05, 0) is 44.2 Å². The number of aromatic nitrogens is 1. The molecule has 0 saturated carbocycles. The van der Waals surface area contributed by atoms with Crippen LogP contribution in [0.25, 0.3) is 0 Å². The summed E-state index contributed by atoms with van der Waals surface area (Å²) in [6.45, 7) is 4.61. The van der Waals surface area contributed by atoms with Crippen molar-refractivity contribution in [3.63, 3.8) is 0 Å². The molecule has 2 atom stereocenters. The Kier molecular flexibility index (Phi) is 4.10. The average molecular weight is 289 g/mol. The lowest BCUT2D eigenvalue weighted by molar-refractivity contribution is -0.124. The molecule has 1 aromatic rings. The maximum absolute atomic E-state index is 11.5. The van der Waals surface area contributed by atoms with Crippen molar-refractivity contribution in [3.8, 4) is 0 Å².